The Hall–Kier alpha value is -1.76. The van der Waals surface area contributed by atoms with Crippen LogP contribution in [-0.4, -0.2) is 7.11 Å². The zero-order valence-corrected chi connectivity index (χ0v) is 13.8. The first-order valence-corrected chi connectivity index (χ1v) is 7.86. The van der Waals surface area contributed by atoms with Gasteiger partial charge in [-0.1, -0.05) is 76.1 Å². The zero-order chi connectivity index (χ0) is 15.5. The van der Waals surface area contributed by atoms with E-state index in [9.17, 15) is 0 Å². The van der Waals surface area contributed by atoms with Gasteiger partial charge in [-0.05, 0) is 35.6 Å². The van der Waals surface area contributed by atoms with Crippen molar-refractivity contribution in [3.8, 4) is 5.75 Å². The largest absolute Gasteiger partial charge is 0.497 e. The van der Waals surface area contributed by atoms with Crippen molar-refractivity contribution in [2.45, 2.75) is 40.0 Å². The molecule has 0 saturated heterocycles. The lowest BCUT2D eigenvalue weighted by atomic mass is 10.1. The molecule has 0 amide bonds. The summed E-state index contributed by atoms with van der Waals surface area (Å²) >= 11 is 0. The van der Waals surface area contributed by atoms with Crippen LogP contribution in [0.2, 0.25) is 0 Å². The van der Waals surface area contributed by atoms with E-state index in [1.54, 1.807) is 7.11 Å². The predicted octanol–water partition coefficient (Wildman–Crippen LogP) is 5.73. The maximum atomic E-state index is 5.12. The van der Waals surface area contributed by atoms with Gasteiger partial charge in [0.15, 0.2) is 0 Å². The number of ether oxygens (including phenoxy) is 1. The van der Waals surface area contributed by atoms with Crippen molar-refractivity contribution in [1.29, 1.82) is 0 Å². The highest BCUT2D eigenvalue weighted by Gasteiger charge is 1.96. The Labute approximate surface area is 130 Å². The molecule has 0 bridgehead atoms. The molecule has 2 aromatic rings. The van der Waals surface area contributed by atoms with Crippen LogP contribution in [0.25, 0.3) is 0 Å². The third-order valence-electron chi connectivity index (χ3n) is 3.80. The molecular formula is C20H28O. The van der Waals surface area contributed by atoms with Gasteiger partial charge in [0.2, 0.25) is 0 Å². The second kappa shape index (κ2) is 10.0. The standard InChI is InChI=1S/C14H14O.C6H14/c1-15-14-9-7-13(8-10-14)11-12-5-3-2-4-6-12;1-4-6(3)5-2/h2-10H,11H2,1H3;6H,4-5H2,1-3H3. The Morgan fingerprint density at radius 3 is 1.76 bits per heavy atom. The summed E-state index contributed by atoms with van der Waals surface area (Å²) in [5.41, 5.74) is 2.64. The molecule has 114 valence electrons. The summed E-state index contributed by atoms with van der Waals surface area (Å²) in [6.45, 7) is 6.74. The lowest BCUT2D eigenvalue weighted by Crippen LogP contribution is -1.88. The molecule has 2 rings (SSSR count). The molecule has 1 heteroatoms. The molecular weight excluding hydrogens is 256 g/mol. The molecule has 0 fully saturated rings. The molecule has 0 aromatic heterocycles. The second-order valence-corrected chi connectivity index (χ2v) is 5.43. The van der Waals surface area contributed by atoms with Crippen LogP contribution in [0.15, 0.2) is 54.6 Å². The summed E-state index contributed by atoms with van der Waals surface area (Å²) in [5, 5.41) is 0. The third kappa shape index (κ3) is 6.99. The van der Waals surface area contributed by atoms with Crippen LogP contribution < -0.4 is 4.74 Å². The minimum Gasteiger partial charge on any atom is -0.497 e. The van der Waals surface area contributed by atoms with E-state index in [4.69, 9.17) is 4.74 Å². The van der Waals surface area contributed by atoms with E-state index in [0.29, 0.717) is 0 Å². The summed E-state index contributed by atoms with van der Waals surface area (Å²) < 4.78 is 5.12. The van der Waals surface area contributed by atoms with Gasteiger partial charge in [-0.3, -0.25) is 0 Å². The monoisotopic (exact) mass is 284 g/mol. The van der Waals surface area contributed by atoms with Crippen molar-refractivity contribution in [3.63, 3.8) is 0 Å². The van der Waals surface area contributed by atoms with Gasteiger partial charge >= 0.3 is 0 Å². The van der Waals surface area contributed by atoms with Gasteiger partial charge in [0.1, 0.15) is 5.75 Å². The first kappa shape index (κ1) is 17.3. The molecule has 2 aromatic carbocycles. The topological polar surface area (TPSA) is 9.23 Å². The van der Waals surface area contributed by atoms with E-state index in [-0.39, 0.29) is 0 Å². The summed E-state index contributed by atoms with van der Waals surface area (Å²) in [7, 11) is 1.69. The SMILES string of the molecule is CCC(C)CC.COc1ccc(Cc2ccccc2)cc1. The van der Waals surface area contributed by atoms with Gasteiger partial charge < -0.3 is 4.74 Å². The maximum Gasteiger partial charge on any atom is 0.118 e. The van der Waals surface area contributed by atoms with Crippen LogP contribution in [0.1, 0.15) is 44.7 Å². The van der Waals surface area contributed by atoms with Crippen LogP contribution in [-0.2, 0) is 6.42 Å². The van der Waals surface area contributed by atoms with Crippen LogP contribution in [0, 0.1) is 5.92 Å². The Bertz CT molecular complexity index is 469. The van der Waals surface area contributed by atoms with Crippen molar-refractivity contribution in [2.24, 2.45) is 5.92 Å². The van der Waals surface area contributed by atoms with Crippen LogP contribution in [0.5, 0.6) is 5.75 Å². The molecule has 0 spiro atoms. The van der Waals surface area contributed by atoms with E-state index in [0.717, 1.165) is 18.1 Å². The molecule has 0 unspecified atom stereocenters. The highest BCUT2D eigenvalue weighted by molar-refractivity contribution is 5.31. The minimum absolute atomic E-state index is 0.909. The average Bonchev–Trinajstić information content (AvgIpc) is 2.56. The molecule has 0 aliphatic rings. The van der Waals surface area contributed by atoms with Crippen molar-refractivity contribution in [2.75, 3.05) is 7.11 Å². The Morgan fingerprint density at radius 1 is 0.810 bits per heavy atom. The maximum absolute atomic E-state index is 5.12. The van der Waals surface area contributed by atoms with E-state index < -0.39 is 0 Å². The molecule has 1 nitrogen and oxygen atoms in total. The summed E-state index contributed by atoms with van der Waals surface area (Å²) in [6, 6.07) is 18.7. The van der Waals surface area contributed by atoms with Crippen LogP contribution in [0.3, 0.4) is 0 Å². The second-order valence-electron chi connectivity index (χ2n) is 5.43. The summed E-state index contributed by atoms with van der Waals surface area (Å²) in [6.07, 6.45) is 3.64. The molecule has 0 radical (unpaired) electrons. The Kier molecular flexibility index (Phi) is 8.27. The van der Waals surface area contributed by atoms with Crippen molar-refractivity contribution >= 4 is 0 Å². The fourth-order valence-corrected chi connectivity index (χ4v) is 1.86. The highest BCUT2D eigenvalue weighted by Crippen LogP contribution is 2.14. The lowest BCUT2D eigenvalue weighted by molar-refractivity contribution is 0.414. The minimum atomic E-state index is 0.909. The summed E-state index contributed by atoms with van der Waals surface area (Å²) in [5.74, 6) is 1.84. The zero-order valence-electron chi connectivity index (χ0n) is 13.8. The molecule has 21 heavy (non-hydrogen) atoms. The number of hydrogen-bond acceptors (Lipinski definition) is 1. The van der Waals surface area contributed by atoms with Gasteiger partial charge in [-0.2, -0.15) is 0 Å². The van der Waals surface area contributed by atoms with Gasteiger partial charge in [-0.15, -0.1) is 0 Å². The summed E-state index contributed by atoms with van der Waals surface area (Å²) in [4.78, 5) is 0. The first-order valence-electron chi connectivity index (χ1n) is 7.86. The van der Waals surface area contributed by atoms with Crippen molar-refractivity contribution < 1.29 is 4.74 Å². The normalized spacial score (nSPS) is 9.95. The lowest BCUT2D eigenvalue weighted by Gasteiger charge is -2.03. The van der Waals surface area contributed by atoms with Gasteiger partial charge in [0.25, 0.3) is 0 Å². The number of benzene rings is 2. The highest BCUT2D eigenvalue weighted by atomic mass is 16.5. The Morgan fingerprint density at radius 2 is 1.33 bits per heavy atom. The first-order chi connectivity index (χ1) is 10.2. The van der Waals surface area contributed by atoms with Gasteiger partial charge in [0.05, 0.1) is 7.11 Å². The van der Waals surface area contributed by atoms with E-state index in [1.165, 1.54) is 24.0 Å². The number of rotatable bonds is 5. The fourth-order valence-electron chi connectivity index (χ4n) is 1.86. The van der Waals surface area contributed by atoms with E-state index in [2.05, 4.69) is 57.2 Å². The molecule has 0 N–H and O–H groups in total. The van der Waals surface area contributed by atoms with Gasteiger partial charge in [-0.25, -0.2) is 0 Å². The van der Waals surface area contributed by atoms with Crippen LogP contribution in [0.4, 0.5) is 0 Å². The Balaban J connectivity index is 0.000000315. The number of methoxy groups -OCH3 is 1. The molecule has 0 aliphatic carbocycles. The molecule has 0 atom stereocenters. The smallest absolute Gasteiger partial charge is 0.118 e. The molecule has 0 aliphatic heterocycles. The molecule has 0 heterocycles. The van der Waals surface area contributed by atoms with E-state index >= 15 is 0 Å². The van der Waals surface area contributed by atoms with Crippen LogP contribution >= 0.6 is 0 Å². The van der Waals surface area contributed by atoms with Crippen molar-refractivity contribution in [1.82, 2.24) is 0 Å². The van der Waals surface area contributed by atoms with Crippen molar-refractivity contribution in [3.05, 3.63) is 65.7 Å². The molecule has 0 saturated carbocycles. The predicted molar refractivity (Wildman–Crippen MR) is 92.0 cm³/mol. The average molecular weight is 284 g/mol. The fraction of sp³-hybridized carbons (Fsp3) is 0.400. The number of hydrogen-bond donors (Lipinski definition) is 0. The third-order valence-corrected chi connectivity index (χ3v) is 3.80. The van der Waals surface area contributed by atoms with Gasteiger partial charge in [0, 0.05) is 0 Å². The van der Waals surface area contributed by atoms with E-state index in [1.807, 2.05) is 18.2 Å². The quantitative estimate of drug-likeness (QED) is 0.681.